The third-order valence-electron chi connectivity index (χ3n) is 6.82. The monoisotopic (exact) mass is 407 g/mol. The molecule has 0 aliphatic heterocycles. The van der Waals surface area contributed by atoms with Gasteiger partial charge in [0.1, 0.15) is 0 Å². The Morgan fingerprint density at radius 3 is 1.88 bits per heavy atom. The Bertz CT molecular complexity index is 1820. The van der Waals surface area contributed by atoms with Crippen LogP contribution in [0, 0.1) is 6.92 Å². The normalized spacial score (nSPS) is 11.9. The summed E-state index contributed by atoms with van der Waals surface area (Å²) in [6.45, 7) is 2.14. The highest BCUT2D eigenvalue weighted by molar-refractivity contribution is 6.35. The van der Waals surface area contributed by atoms with Crippen LogP contribution in [-0.4, -0.2) is 4.57 Å². The van der Waals surface area contributed by atoms with Crippen LogP contribution in [0.2, 0.25) is 0 Å². The van der Waals surface area contributed by atoms with Crippen molar-refractivity contribution in [3.8, 4) is 5.69 Å². The van der Waals surface area contributed by atoms with Gasteiger partial charge >= 0.3 is 0 Å². The molecule has 0 radical (unpaired) electrons. The molecule has 0 fully saturated rings. The summed E-state index contributed by atoms with van der Waals surface area (Å²) in [6, 6.07) is 39.9. The zero-order chi connectivity index (χ0) is 21.2. The molecule has 32 heavy (non-hydrogen) atoms. The van der Waals surface area contributed by atoms with Crippen LogP contribution < -0.4 is 0 Å². The first-order valence-corrected chi connectivity index (χ1v) is 11.1. The fourth-order valence-electron chi connectivity index (χ4n) is 5.41. The molecular formula is C31H21N. The van der Waals surface area contributed by atoms with E-state index in [1.807, 2.05) is 0 Å². The lowest BCUT2D eigenvalue weighted by molar-refractivity contribution is 1.18. The fraction of sp³-hybridized carbons (Fsp3) is 0.0323. The van der Waals surface area contributed by atoms with Gasteiger partial charge in [-0.1, -0.05) is 96.6 Å². The van der Waals surface area contributed by atoms with Gasteiger partial charge in [0.05, 0.1) is 11.0 Å². The topological polar surface area (TPSA) is 4.93 Å². The molecule has 1 aromatic heterocycles. The summed E-state index contributed by atoms with van der Waals surface area (Å²) < 4.78 is 2.45. The Morgan fingerprint density at radius 1 is 0.469 bits per heavy atom. The molecule has 0 saturated heterocycles. The van der Waals surface area contributed by atoms with Gasteiger partial charge in [-0.15, -0.1) is 0 Å². The van der Waals surface area contributed by atoms with Gasteiger partial charge in [-0.25, -0.2) is 0 Å². The van der Waals surface area contributed by atoms with Crippen LogP contribution in [0.15, 0.2) is 109 Å². The number of aryl methyl sites for hydroxylation is 1. The number of benzene rings is 6. The Balaban J connectivity index is 1.85. The van der Waals surface area contributed by atoms with Crippen molar-refractivity contribution >= 4 is 54.1 Å². The van der Waals surface area contributed by atoms with E-state index in [0.717, 1.165) is 0 Å². The van der Waals surface area contributed by atoms with Gasteiger partial charge in [0.15, 0.2) is 0 Å². The lowest BCUT2D eigenvalue weighted by Gasteiger charge is -2.14. The zero-order valence-electron chi connectivity index (χ0n) is 17.8. The third-order valence-corrected chi connectivity index (χ3v) is 6.82. The van der Waals surface area contributed by atoms with Crippen LogP contribution in [0.4, 0.5) is 0 Å². The van der Waals surface area contributed by atoms with E-state index in [0.29, 0.717) is 0 Å². The third kappa shape index (κ3) is 2.28. The van der Waals surface area contributed by atoms with Crippen molar-refractivity contribution < 1.29 is 0 Å². The predicted molar refractivity (Wildman–Crippen MR) is 138 cm³/mol. The molecule has 1 nitrogen and oxygen atoms in total. The molecular weight excluding hydrogens is 386 g/mol. The van der Waals surface area contributed by atoms with Crippen LogP contribution in [0.1, 0.15) is 5.56 Å². The molecule has 0 aliphatic rings. The Hall–Kier alpha value is -4.10. The van der Waals surface area contributed by atoms with E-state index in [-0.39, 0.29) is 0 Å². The van der Waals surface area contributed by atoms with Crippen LogP contribution in [-0.2, 0) is 0 Å². The molecule has 0 unspecified atom stereocenters. The van der Waals surface area contributed by atoms with Gasteiger partial charge in [-0.2, -0.15) is 0 Å². The molecule has 0 aliphatic carbocycles. The molecule has 0 bridgehead atoms. The number of fused-ring (bicyclic) bond motifs is 10. The van der Waals surface area contributed by atoms with Gasteiger partial charge in [-0.05, 0) is 52.1 Å². The second kappa shape index (κ2) is 6.45. The zero-order valence-corrected chi connectivity index (χ0v) is 17.8. The molecule has 0 saturated carbocycles. The minimum atomic E-state index is 1.20. The standard InChI is InChI=1S/C31H21N/c1-20-14-17-22(18-15-20)32-28-13-7-6-12-26(28)30-25-11-5-4-10-24(25)29-23-9-3-2-8-21(23)16-19-27(29)31(30)32/h2-19H,1H3. The second-order valence-corrected chi connectivity index (χ2v) is 8.67. The van der Waals surface area contributed by atoms with Gasteiger partial charge in [0.25, 0.3) is 0 Å². The largest absolute Gasteiger partial charge is 0.309 e. The number of para-hydroxylation sites is 1. The first-order chi connectivity index (χ1) is 15.8. The minimum absolute atomic E-state index is 1.20. The maximum Gasteiger partial charge on any atom is 0.0626 e. The van der Waals surface area contributed by atoms with E-state index in [1.165, 1.54) is 65.4 Å². The average Bonchev–Trinajstić information content (AvgIpc) is 3.20. The molecule has 0 N–H and O–H groups in total. The van der Waals surface area contributed by atoms with Crippen LogP contribution in [0.25, 0.3) is 59.8 Å². The molecule has 1 heteroatoms. The first kappa shape index (κ1) is 17.6. The number of aromatic nitrogens is 1. The summed E-state index contributed by atoms with van der Waals surface area (Å²) in [6.07, 6.45) is 0. The predicted octanol–water partition coefficient (Wildman–Crippen LogP) is 8.55. The molecule has 0 atom stereocenters. The van der Waals surface area contributed by atoms with E-state index >= 15 is 0 Å². The van der Waals surface area contributed by atoms with E-state index in [2.05, 4.69) is 121 Å². The summed E-state index contributed by atoms with van der Waals surface area (Å²) in [5, 5.41) is 10.5. The molecule has 0 spiro atoms. The number of nitrogens with zero attached hydrogens (tertiary/aromatic N) is 1. The number of hydrogen-bond donors (Lipinski definition) is 0. The number of hydrogen-bond acceptors (Lipinski definition) is 0. The Labute approximate surface area is 186 Å². The second-order valence-electron chi connectivity index (χ2n) is 8.67. The van der Waals surface area contributed by atoms with Crippen LogP contribution >= 0.6 is 0 Å². The van der Waals surface area contributed by atoms with Crippen molar-refractivity contribution in [1.82, 2.24) is 4.57 Å². The summed E-state index contributed by atoms with van der Waals surface area (Å²) in [7, 11) is 0. The van der Waals surface area contributed by atoms with Crippen LogP contribution in [0.3, 0.4) is 0 Å². The SMILES string of the molecule is Cc1ccc(-n2c3ccccc3c3c4ccccc4c4c5ccccc5ccc4c32)cc1. The number of rotatable bonds is 1. The minimum Gasteiger partial charge on any atom is -0.309 e. The highest BCUT2D eigenvalue weighted by atomic mass is 15.0. The van der Waals surface area contributed by atoms with E-state index in [1.54, 1.807) is 0 Å². The van der Waals surface area contributed by atoms with Gasteiger partial charge in [-0.3, -0.25) is 0 Å². The molecule has 0 amide bonds. The highest BCUT2D eigenvalue weighted by Crippen LogP contribution is 2.44. The van der Waals surface area contributed by atoms with Crippen molar-refractivity contribution in [3.05, 3.63) is 115 Å². The van der Waals surface area contributed by atoms with Gasteiger partial charge in [0.2, 0.25) is 0 Å². The lowest BCUT2D eigenvalue weighted by Crippen LogP contribution is -1.95. The van der Waals surface area contributed by atoms with Crippen LogP contribution in [0.5, 0.6) is 0 Å². The smallest absolute Gasteiger partial charge is 0.0626 e. The summed E-state index contributed by atoms with van der Waals surface area (Å²) >= 11 is 0. The van der Waals surface area contributed by atoms with Gasteiger partial charge < -0.3 is 4.57 Å². The Kier molecular flexibility index (Phi) is 3.54. The fourth-order valence-corrected chi connectivity index (χ4v) is 5.41. The van der Waals surface area contributed by atoms with E-state index < -0.39 is 0 Å². The van der Waals surface area contributed by atoms with Crippen molar-refractivity contribution in [2.45, 2.75) is 6.92 Å². The van der Waals surface area contributed by atoms with E-state index in [9.17, 15) is 0 Å². The molecule has 7 aromatic rings. The molecule has 1 heterocycles. The molecule has 7 rings (SSSR count). The van der Waals surface area contributed by atoms with Crippen molar-refractivity contribution in [3.63, 3.8) is 0 Å². The summed E-state index contributed by atoms with van der Waals surface area (Å²) in [5.41, 5.74) is 5.01. The average molecular weight is 408 g/mol. The Morgan fingerprint density at radius 2 is 1.09 bits per heavy atom. The van der Waals surface area contributed by atoms with Crippen molar-refractivity contribution in [2.24, 2.45) is 0 Å². The molecule has 150 valence electrons. The highest BCUT2D eigenvalue weighted by Gasteiger charge is 2.19. The summed E-state index contributed by atoms with van der Waals surface area (Å²) in [4.78, 5) is 0. The maximum absolute atomic E-state index is 2.45. The van der Waals surface area contributed by atoms with E-state index in [4.69, 9.17) is 0 Å². The van der Waals surface area contributed by atoms with Crippen molar-refractivity contribution in [1.29, 1.82) is 0 Å². The molecule has 6 aromatic carbocycles. The first-order valence-electron chi connectivity index (χ1n) is 11.1. The van der Waals surface area contributed by atoms with Gasteiger partial charge in [0, 0.05) is 21.8 Å². The quantitative estimate of drug-likeness (QED) is 0.240. The lowest BCUT2D eigenvalue weighted by atomic mass is 9.93. The summed E-state index contributed by atoms with van der Waals surface area (Å²) in [5.74, 6) is 0. The van der Waals surface area contributed by atoms with Crippen molar-refractivity contribution in [2.75, 3.05) is 0 Å². The maximum atomic E-state index is 2.45.